The number of methoxy groups -OCH3 is 1. The first-order chi connectivity index (χ1) is 13.3. The number of carboxylic acids is 2. The molecule has 0 bridgehead atoms. The number of rotatable bonds is 18. The van der Waals surface area contributed by atoms with Crippen molar-refractivity contribution in [2.75, 3.05) is 7.11 Å². The maximum Gasteiger partial charge on any atom is 0.109 e. The topological polar surface area (TPSA) is 89.5 Å². The van der Waals surface area contributed by atoms with E-state index in [9.17, 15) is 19.8 Å². The van der Waals surface area contributed by atoms with Gasteiger partial charge in [-0.1, -0.05) is 0 Å². The molecule has 0 fully saturated rings. The molecule has 0 aliphatic heterocycles. The molecule has 5 nitrogen and oxygen atoms in total. The summed E-state index contributed by atoms with van der Waals surface area (Å²) in [6.45, 7) is 5.71. The summed E-state index contributed by atoms with van der Waals surface area (Å²) in [5.74, 6) is -3.05. The summed E-state index contributed by atoms with van der Waals surface area (Å²) in [7, 11) is 1.10. The van der Waals surface area contributed by atoms with Gasteiger partial charge in [0.15, 0.2) is 0 Å². The van der Waals surface area contributed by atoms with Crippen LogP contribution in [-0.2, 0) is 14.3 Å². The van der Waals surface area contributed by atoms with E-state index in [4.69, 9.17) is 0 Å². The zero-order valence-corrected chi connectivity index (χ0v) is 21.5. The molecule has 1 atom stereocenters. The van der Waals surface area contributed by atoms with Crippen LogP contribution in [0.1, 0.15) is 104 Å². The Morgan fingerprint density at radius 3 is 1.46 bits per heavy atom. The van der Waals surface area contributed by atoms with Crippen LogP contribution in [0.5, 0.6) is 0 Å². The van der Waals surface area contributed by atoms with E-state index in [-0.39, 0.29) is 21.1 Å². The van der Waals surface area contributed by atoms with E-state index in [1.54, 1.807) is 21.7 Å². The number of carbonyl (C=O) groups excluding carboxylic acids is 2. The van der Waals surface area contributed by atoms with Gasteiger partial charge in [-0.25, -0.2) is 0 Å². The molecule has 28 heavy (non-hydrogen) atoms. The second-order valence-electron chi connectivity index (χ2n) is 7.56. The van der Waals surface area contributed by atoms with E-state index in [1.807, 2.05) is 0 Å². The molecule has 0 heterocycles. The zero-order chi connectivity index (χ0) is 21.7. The average molecular weight is 505 g/mol. The summed E-state index contributed by atoms with van der Waals surface area (Å²) in [6.07, 6.45) is 17.1. The van der Waals surface area contributed by atoms with Gasteiger partial charge in [0.25, 0.3) is 0 Å². The first-order valence-corrected chi connectivity index (χ1v) is 15.0. The molecule has 0 N–H and O–H groups in total. The van der Waals surface area contributed by atoms with Crippen molar-refractivity contribution in [1.82, 2.24) is 0 Å². The minimum Gasteiger partial charge on any atom is -0.550 e. The minimum atomic E-state index is -1.79. The quantitative estimate of drug-likeness (QED) is 0.210. The molecule has 0 saturated carbocycles. The Labute approximate surface area is 183 Å². The van der Waals surface area contributed by atoms with Gasteiger partial charge in [0.1, 0.15) is 5.60 Å². The summed E-state index contributed by atoms with van der Waals surface area (Å²) >= 11 is 0.0736. The Morgan fingerprint density at radius 2 is 1.18 bits per heavy atom. The number of ether oxygens (including phenoxy) is 1. The number of carboxylic acid groups (broad SMARTS) is 2. The van der Waals surface area contributed by atoms with Crippen LogP contribution >= 0.6 is 0 Å². The van der Waals surface area contributed by atoms with Gasteiger partial charge >= 0.3 is 121 Å². The van der Waals surface area contributed by atoms with Crippen LogP contribution in [0.15, 0.2) is 0 Å². The summed E-state index contributed by atoms with van der Waals surface area (Å²) in [4.78, 5) is 20.3. The van der Waals surface area contributed by atoms with Crippen LogP contribution in [0.3, 0.4) is 0 Å². The van der Waals surface area contributed by atoms with Crippen molar-refractivity contribution in [3.8, 4) is 0 Å². The molecule has 0 spiro atoms. The standard InChI is InChI=1S/2C8H17.C6H10O5.Sn/c2*1-3-5-7-8-6-4-2;1-6(11-2,5(9)10)3-4(7)8;/h2*1,3-8H2,2H3;3H2,1-2H3,(H,7,8)(H,9,10);/q;;;+2/p-2. The van der Waals surface area contributed by atoms with Crippen LogP contribution in [0.2, 0.25) is 8.87 Å². The second-order valence-corrected chi connectivity index (χ2v) is 11.8. The van der Waals surface area contributed by atoms with Crippen molar-refractivity contribution in [3.63, 3.8) is 0 Å². The van der Waals surface area contributed by atoms with Gasteiger partial charge in [-0.3, -0.25) is 0 Å². The third-order valence-corrected chi connectivity index (χ3v) is 8.81. The van der Waals surface area contributed by atoms with Gasteiger partial charge in [0, 0.05) is 19.5 Å². The minimum absolute atomic E-state index is 0.0736. The normalized spacial score (nSPS) is 12.4. The molecule has 0 rings (SSSR count). The van der Waals surface area contributed by atoms with Crippen molar-refractivity contribution < 1.29 is 24.5 Å². The van der Waals surface area contributed by atoms with Crippen LogP contribution in [0, 0.1) is 0 Å². The van der Waals surface area contributed by atoms with E-state index in [0.29, 0.717) is 0 Å². The molecule has 0 aromatic rings. The molecular formula is C22H42O5Sn. The van der Waals surface area contributed by atoms with Crippen LogP contribution in [-0.4, -0.2) is 45.8 Å². The molecule has 6 heteroatoms. The average Bonchev–Trinajstić information content (AvgIpc) is 2.65. The van der Waals surface area contributed by atoms with Crippen molar-refractivity contribution >= 4 is 33.1 Å². The molecule has 0 saturated heterocycles. The maximum atomic E-state index is 10.3. The molecule has 0 aliphatic rings. The van der Waals surface area contributed by atoms with Crippen molar-refractivity contribution in [2.24, 2.45) is 0 Å². The molecule has 0 aromatic carbocycles. The Balaban J connectivity index is 0. The molecule has 0 amide bonds. The molecule has 164 valence electrons. The summed E-state index contributed by atoms with van der Waals surface area (Å²) < 4.78 is 7.74. The fraction of sp³-hybridized carbons (Fsp3) is 0.909. The van der Waals surface area contributed by atoms with Gasteiger partial charge in [0.05, 0.1) is 5.97 Å². The Bertz CT molecular complexity index is 362. The number of hydrogen-bond donors (Lipinski definition) is 0. The fourth-order valence-corrected chi connectivity index (χ4v) is 6.26. The van der Waals surface area contributed by atoms with Crippen molar-refractivity contribution in [2.45, 2.75) is 119 Å². The van der Waals surface area contributed by atoms with Crippen LogP contribution < -0.4 is 10.2 Å². The number of aliphatic carboxylic acids is 2. The van der Waals surface area contributed by atoms with E-state index in [1.165, 1.54) is 64.2 Å². The Kier molecular flexibility index (Phi) is 22.9. The van der Waals surface area contributed by atoms with E-state index >= 15 is 0 Å². The van der Waals surface area contributed by atoms with Gasteiger partial charge in [-0.05, 0) is 6.92 Å². The van der Waals surface area contributed by atoms with Crippen LogP contribution in [0.4, 0.5) is 0 Å². The van der Waals surface area contributed by atoms with Gasteiger partial charge < -0.3 is 24.5 Å². The van der Waals surface area contributed by atoms with E-state index in [2.05, 4.69) is 18.6 Å². The number of hydrogen-bond acceptors (Lipinski definition) is 5. The van der Waals surface area contributed by atoms with E-state index in [0.717, 1.165) is 14.0 Å². The maximum absolute atomic E-state index is 10.3. The molecule has 0 aromatic heterocycles. The van der Waals surface area contributed by atoms with Crippen molar-refractivity contribution in [1.29, 1.82) is 0 Å². The third kappa shape index (κ3) is 20.4. The Hall–Kier alpha value is -0.301. The van der Waals surface area contributed by atoms with E-state index < -0.39 is 24.0 Å². The predicted molar refractivity (Wildman–Crippen MR) is 112 cm³/mol. The number of unbranched alkanes of at least 4 members (excludes halogenated alkanes) is 10. The zero-order valence-electron chi connectivity index (χ0n) is 18.6. The Morgan fingerprint density at radius 1 is 0.786 bits per heavy atom. The SMILES string of the molecule is CCCCCCC[CH2][Sn+2][CH2]CCCCCCC.COC(C)(CC(=O)[O-])C(=O)[O-]. The third-order valence-electron chi connectivity index (χ3n) is 4.78. The predicted octanol–water partition coefficient (Wildman–Crippen LogP) is 3.53. The summed E-state index contributed by atoms with van der Waals surface area (Å²) in [5.41, 5.74) is -1.79. The monoisotopic (exact) mass is 506 g/mol. The summed E-state index contributed by atoms with van der Waals surface area (Å²) in [5, 5.41) is 20.3. The smallest absolute Gasteiger partial charge is 0.109 e. The van der Waals surface area contributed by atoms with Crippen molar-refractivity contribution in [3.05, 3.63) is 0 Å². The second kappa shape index (κ2) is 21.4. The molecule has 0 radical (unpaired) electrons. The first kappa shape index (κ1) is 29.9. The molecular weight excluding hydrogens is 463 g/mol. The first-order valence-electron chi connectivity index (χ1n) is 11.0. The summed E-state index contributed by atoms with van der Waals surface area (Å²) in [6, 6.07) is 0. The molecule has 0 aliphatic carbocycles. The largest absolute Gasteiger partial charge is 0.550 e. The van der Waals surface area contributed by atoms with Gasteiger partial charge in [-0.2, -0.15) is 0 Å². The van der Waals surface area contributed by atoms with Gasteiger partial charge in [0.2, 0.25) is 0 Å². The van der Waals surface area contributed by atoms with Gasteiger partial charge in [-0.15, -0.1) is 0 Å². The number of carbonyl (C=O) groups is 2. The fourth-order valence-electron chi connectivity index (χ4n) is 2.69. The molecule has 1 unspecified atom stereocenters. The van der Waals surface area contributed by atoms with Crippen LogP contribution in [0.25, 0.3) is 0 Å².